The molecule has 0 atom stereocenters. The minimum Gasteiger partial charge on any atom is -0.405 e. The van der Waals surface area contributed by atoms with Gasteiger partial charge in [0.2, 0.25) is 0 Å². The zero-order chi connectivity index (χ0) is 9.23. The minimum absolute atomic E-state index is 0.673. The molecule has 0 saturated heterocycles. The fraction of sp³-hybridized carbons (Fsp3) is 0.778. The maximum Gasteiger partial charge on any atom is 0.0694 e. The fourth-order valence-corrected chi connectivity index (χ4v) is 0.837. The lowest BCUT2D eigenvalue weighted by Gasteiger charge is -2.06. The Morgan fingerprint density at radius 2 is 2.33 bits per heavy atom. The lowest BCUT2D eigenvalue weighted by Crippen LogP contribution is -2.11. The normalized spacial score (nSPS) is 12.0. The molecule has 3 nitrogen and oxygen atoms in total. The molecule has 3 N–H and O–H groups in total. The second-order valence-corrected chi connectivity index (χ2v) is 2.73. The van der Waals surface area contributed by atoms with Crippen molar-refractivity contribution in [3.8, 4) is 0 Å². The summed E-state index contributed by atoms with van der Waals surface area (Å²) in [4.78, 5) is 0. The van der Waals surface area contributed by atoms with Crippen molar-refractivity contribution in [2.75, 3.05) is 26.8 Å². The van der Waals surface area contributed by atoms with E-state index in [-0.39, 0.29) is 0 Å². The summed E-state index contributed by atoms with van der Waals surface area (Å²) in [6.45, 7) is 4.54. The molecule has 0 aliphatic heterocycles. The van der Waals surface area contributed by atoms with Gasteiger partial charge in [0.1, 0.15) is 0 Å². The summed E-state index contributed by atoms with van der Waals surface area (Å²) in [5, 5.41) is 3.07. The Morgan fingerprint density at radius 1 is 1.58 bits per heavy atom. The van der Waals surface area contributed by atoms with Crippen LogP contribution in [-0.4, -0.2) is 26.8 Å². The van der Waals surface area contributed by atoms with Gasteiger partial charge in [-0.05, 0) is 38.2 Å². The Kier molecular flexibility index (Phi) is 8.17. The monoisotopic (exact) mass is 172 g/mol. The number of hydrogen-bond acceptors (Lipinski definition) is 3. The van der Waals surface area contributed by atoms with E-state index >= 15 is 0 Å². The van der Waals surface area contributed by atoms with E-state index in [2.05, 4.69) is 12.2 Å². The first-order chi connectivity index (χ1) is 5.85. The van der Waals surface area contributed by atoms with E-state index in [1.807, 2.05) is 7.05 Å². The Labute approximate surface area is 75.0 Å². The molecular weight excluding hydrogens is 152 g/mol. The molecule has 0 aliphatic rings. The van der Waals surface area contributed by atoms with Gasteiger partial charge in [0, 0.05) is 6.61 Å². The van der Waals surface area contributed by atoms with Crippen LogP contribution in [0.15, 0.2) is 11.8 Å². The van der Waals surface area contributed by atoms with Gasteiger partial charge in [-0.2, -0.15) is 0 Å². The summed E-state index contributed by atoms with van der Waals surface area (Å²) in [5.41, 5.74) is 6.59. The van der Waals surface area contributed by atoms with Crippen LogP contribution in [0.2, 0.25) is 0 Å². The highest BCUT2D eigenvalue weighted by molar-refractivity contribution is 5.00. The van der Waals surface area contributed by atoms with Gasteiger partial charge in [0.15, 0.2) is 0 Å². The molecule has 0 unspecified atom stereocenters. The first kappa shape index (κ1) is 11.5. The van der Waals surface area contributed by atoms with E-state index in [1.165, 1.54) is 0 Å². The second kappa shape index (κ2) is 8.56. The van der Waals surface area contributed by atoms with Gasteiger partial charge in [-0.25, -0.2) is 0 Å². The molecular formula is C9H20N2O. The molecule has 0 saturated carbocycles. The molecule has 0 aliphatic carbocycles. The van der Waals surface area contributed by atoms with Crippen LogP contribution in [0.3, 0.4) is 0 Å². The summed E-state index contributed by atoms with van der Waals surface area (Å²) < 4.78 is 5.36. The van der Waals surface area contributed by atoms with Crippen LogP contribution in [0.1, 0.15) is 19.8 Å². The zero-order valence-electron chi connectivity index (χ0n) is 8.10. The highest BCUT2D eigenvalue weighted by Gasteiger charge is 1.95. The summed E-state index contributed by atoms with van der Waals surface area (Å²) in [6, 6.07) is 0. The van der Waals surface area contributed by atoms with E-state index < -0.39 is 0 Å². The van der Waals surface area contributed by atoms with Crippen molar-refractivity contribution in [2.45, 2.75) is 19.8 Å². The first-order valence-corrected chi connectivity index (χ1v) is 4.47. The Morgan fingerprint density at radius 3 is 2.83 bits per heavy atom. The Hall–Kier alpha value is -0.540. The van der Waals surface area contributed by atoms with Crippen molar-refractivity contribution in [1.82, 2.24) is 5.32 Å². The SMILES string of the molecule is CCCOC/C(=C/N)CCNC. The topological polar surface area (TPSA) is 47.3 Å². The summed E-state index contributed by atoms with van der Waals surface area (Å²) in [7, 11) is 1.93. The standard InChI is InChI=1S/C9H20N2O/c1-3-6-12-8-9(7-10)4-5-11-2/h7,11H,3-6,8,10H2,1-2H3/b9-7+. The minimum atomic E-state index is 0.673. The summed E-state index contributed by atoms with van der Waals surface area (Å²) in [5.74, 6) is 0. The van der Waals surface area contributed by atoms with Crippen molar-refractivity contribution in [3.05, 3.63) is 11.8 Å². The molecule has 0 aromatic carbocycles. The number of nitrogens with two attached hydrogens (primary N) is 1. The van der Waals surface area contributed by atoms with E-state index in [1.54, 1.807) is 6.20 Å². The molecule has 0 heterocycles. The van der Waals surface area contributed by atoms with Crippen molar-refractivity contribution in [2.24, 2.45) is 5.73 Å². The van der Waals surface area contributed by atoms with Gasteiger partial charge in [0.25, 0.3) is 0 Å². The highest BCUT2D eigenvalue weighted by atomic mass is 16.5. The Bertz CT molecular complexity index is 124. The van der Waals surface area contributed by atoms with E-state index in [0.717, 1.165) is 31.6 Å². The lowest BCUT2D eigenvalue weighted by molar-refractivity contribution is 0.154. The second-order valence-electron chi connectivity index (χ2n) is 2.73. The molecule has 0 amide bonds. The maximum absolute atomic E-state index is 5.43. The first-order valence-electron chi connectivity index (χ1n) is 4.47. The smallest absolute Gasteiger partial charge is 0.0694 e. The highest BCUT2D eigenvalue weighted by Crippen LogP contribution is 1.99. The molecule has 0 aromatic heterocycles. The predicted molar refractivity (Wildman–Crippen MR) is 51.9 cm³/mol. The molecule has 3 heteroatoms. The fourth-order valence-electron chi connectivity index (χ4n) is 0.837. The third kappa shape index (κ3) is 6.19. The average Bonchev–Trinajstić information content (AvgIpc) is 2.11. The van der Waals surface area contributed by atoms with E-state index in [9.17, 15) is 0 Å². The molecule has 0 aromatic rings. The quantitative estimate of drug-likeness (QED) is 0.560. The van der Waals surface area contributed by atoms with Gasteiger partial charge >= 0.3 is 0 Å². The van der Waals surface area contributed by atoms with Gasteiger partial charge in [-0.1, -0.05) is 6.92 Å². The molecule has 12 heavy (non-hydrogen) atoms. The van der Waals surface area contributed by atoms with Gasteiger partial charge in [-0.15, -0.1) is 0 Å². The van der Waals surface area contributed by atoms with Crippen LogP contribution < -0.4 is 11.1 Å². The van der Waals surface area contributed by atoms with Crippen LogP contribution >= 0.6 is 0 Å². The number of rotatable bonds is 7. The van der Waals surface area contributed by atoms with E-state index in [4.69, 9.17) is 10.5 Å². The predicted octanol–water partition coefficient (Wildman–Crippen LogP) is 0.865. The van der Waals surface area contributed by atoms with Gasteiger partial charge in [-0.3, -0.25) is 0 Å². The number of ether oxygens (including phenoxy) is 1. The molecule has 0 spiro atoms. The Balaban J connectivity index is 3.41. The molecule has 0 bridgehead atoms. The largest absolute Gasteiger partial charge is 0.405 e. The van der Waals surface area contributed by atoms with Gasteiger partial charge < -0.3 is 15.8 Å². The van der Waals surface area contributed by atoms with Gasteiger partial charge in [0.05, 0.1) is 6.61 Å². The van der Waals surface area contributed by atoms with Crippen LogP contribution in [-0.2, 0) is 4.74 Å². The molecule has 0 fully saturated rings. The van der Waals surface area contributed by atoms with E-state index in [0.29, 0.717) is 6.61 Å². The number of nitrogens with one attached hydrogen (secondary N) is 1. The summed E-state index contributed by atoms with van der Waals surface area (Å²) in [6.07, 6.45) is 3.67. The molecule has 0 radical (unpaired) electrons. The van der Waals surface area contributed by atoms with Crippen LogP contribution in [0.5, 0.6) is 0 Å². The maximum atomic E-state index is 5.43. The van der Waals surface area contributed by atoms with Crippen molar-refractivity contribution in [3.63, 3.8) is 0 Å². The van der Waals surface area contributed by atoms with Crippen LogP contribution in [0.25, 0.3) is 0 Å². The van der Waals surface area contributed by atoms with Crippen molar-refractivity contribution in [1.29, 1.82) is 0 Å². The van der Waals surface area contributed by atoms with Crippen LogP contribution in [0.4, 0.5) is 0 Å². The lowest BCUT2D eigenvalue weighted by atomic mass is 10.2. The molecule has 72 valence electrons. The third-order valence-electron chi connectivity index (χ3n) is 1.57. The molecule has 0 rings (SSSR count). The average molecular weight is 172 g/mol. The van der Waals surface area contributed by atoms with Crippen LogP contribution in [0, 0.1) is 0 Å². The zero-order valence-corrected chi connectivity index (χ0v) is 8.10. The number of hydrogen-bond donors (Lipinski definition) is 2. The third-order valence-corrected chi connectivity index (χ3v) is 1.57. The van der Waals surface area contributed by atoms with Crippen molar-refractivity contribution < 1.29 is 4.74 Å². The van der Waals surface area contributed by atoms with Crippen molar-refractivity contribution >= 4 is 0 Å². The summed E-state index contributed by atoms with van der Waals surface area (Å²) >= 11 is 0.